The van der Waals surface area contributed by atoms with Crippen LogP contribution in [-0.4, -0.2) is 28.3 Å². The third kappa shape index (κ3) is 3.42. The van der Waals surface area contributed by atoms with E-state index in [0.29, 0.717) is 17.1 Å². The van der Waals surface area contributed by atoms with E-state index in [4.69, 9.17) is 4.74 Å². The van der Waals surface area contributed by atoms with Crippen molar-refractivity contribution in [3.63, 3.8) is 0 Å². The molecule has 0 atom stereocenters. The molecule has 0 aliphatic carbocycles. The summed E-state index contributed by atoms with van der Waals surface area (Å²) in [5.41, 5.74) is 1.71. The summed E-state index contributed by atoms with van der Waals surface area (Å²) >= 11 is 0. The van der Waals surface area contributed by atoms with Crippen LogP contribution in [0.4, 0.5) is 5.69 Å². The van der Waals surface area contributed by atoms with E-state index in [9.17, 15) is 8.42 Å². The lowest BCUT2D eigenvalue weighted by Crippen LogP contribution is -2.20. The normalized spacial score (nSPS) is 11.2. The van der Waals surface area contributed by atoms with E-state index < -0.39 is 9.84 Å². The Kier molecular flexibility index (Phi) is 5.08. The third-order valence-electron chi connectivity index (χ3n) is 3.59. The Morgan fingerprint density at radius 3 is 2.36 bits per heavy atom. The fourth-order valence-corrected chi connectivity index (χ4v) is 3.50. The van der Waals surface area contributed by atoms with Gasteiger partial charge in [0.25, 0.3) is 0 Å². The summed E-state index contributed by atoms with van der Waals surface area (Å²) in [5, 5.41) is 0. The molecule has 0 saturated heterocycles. The Balaban J connectivity index is 2.37. The van der Waals surface area contributed by atoms with Crippen molar-refractivity contribution >= 4 is 15.5 Å². The number of rotatable bonds is 6. The summed E-state index contributed by atoms with van der Waals surface area (Å²) in [7, 11) is 0.264. The average Bonchev–Trinajstić information content (AvgIpc) is 2.55. The molecular weight excluding hydrogens is 298 g/mol. The summed E-state index contributed by atoms with van der Waals surface area (Å²) in [6.45, 7) is 2.23. The highest BCUT2D eigenvalue weighted by Crippen LogP contribution is 2.28. The van der Waals surface area contributed by atoms with Gasteiger partial charge >= 0.3 is 0 Å². The number of anilines is 1. The quantitative estimate of drug-likeness (QED) is 0.821. The van der Waals surface area contributed by atoms with Crippen molar-refractivity contribution in [1.82, 2.24) is 0 Å². The van der Waals surface area contributed by atoms with Gasteiger partial charge < -0.3 is 9.64 Å². The van der Waals surface area contributed by atoms with Crippen molar-refractivity contribution in [2.75, 3.05) is 24.8 Å². The van der Waals surface area contributed by atoms with Crippen LogP contribution < -0.4 is 9.64 Å². The molecule has 0 fully saturated rings. The molecule has 0 N–H and O–H groups in total. The molecule has 0 radical (unpaired) electrons. The lowest BCUT2D eigenvalue weighted by atomic mass is 10.2. The molecule has 0 aliphatic heterocycles. The zero-order valence-corrected chi connectivity index (χ0v) is 13.9. The number of hydrogen-bond donors (Lipinski definition) is 0. The van der Waals surface area contributed by atoms with Gasteiger partial charge in [0, 0.05) is 19.2 Å². The van der Waals surface area contributed by atoms with Crippen LogP contribution in [0.3, 0.4) is 0 Å². The number of methoxy groups -OCH3 is 1. The standard InChI is InChI=1S/C17H21NO3S/c1-4-22(19,20)17-12-8-6-10-15(17)18(2)13-14-9-5-7-11-16(14)21-3/h5-12H,4,13H2,1-3H3. The summed E-state index contributed by atoms with van der Waals surface area (Å²) in [4.78, 5) is 2.30. The van der Waals surface area contributed by atoms with Gasteiger partial charge in [-0.15, -0.1) is 0 Å². The Labute approximate surface area is 132 Å². The van der Waals surface area contributed by atoms with E-state index in [2.05, 4.69) is 0 Å². The van der Waals surface area contributed by atoms with Gasteiger partial charge in [-0.1, -0.05) is 37.3 Å². The Morgan fingerprint density at radius 2 is 1.68 bits per heavy atom. The lowest BCUT2D eigenvalue weighted by Gasteiger charge is -2.23. The van der Waals surface area contributed by atoms with Crippen LogP contribution in [-0.2, 0) is 16.4 Å². The van der Waals surface area contributed by atoms with Gasteiger partial charge in [-0.3, -0.25) is 0 Å². The second-order valence-corrected chi connectivity index (χ2v) is 7.29. The molecular formula is C17H21NO3S. The average molecular weight is 319 g/mol. The zero-order valence-electron chi connectivity index (χ0n) is 13.1. The van der Waals surface area contributed by atoms with Gasteiger partial charge in [0.2, 0.25) is 0 Å². The van der Waals surface area contributed by atoms with Crippen molar-refractivity contribution in [3.05, 3.63) is 54.1 Å². The molecule has 0 saturated carbocycles. The molecule has 0 aliphatic rings. The smallest absolute Gasteiger partial charge is 0.180 e. The van der Waals surface area contributed by atoms with E-state index >= 15 is 0 Å². The molecule has 2 rings (SSSR count). The monoisotopic (exact) mass is 319 g/mol. The van der Waals surface area contributed by atoms with E-state index in [1.165, 1.54) is 0 Å². The first-order chi connectivity index (χ1) is 10.5. The fraction of sp³-hybridized carbons (Fsp3) is 0.294. The van der Waals surface area contributed by atoms with Gasteiger partial charge in [0.15, 0.2) is 9.84 Å². The Bertz CT molecular complexity index is 741. The van der Waals surface area contributed by atoms with Crippen LogP contribution >= 0.6 is 0 Å². The minimum absolute atomic E-state index is 0.0898. The van der Waals surface area contributed by atoms with Gasteiger partial charge in [0.1, 0.15) is 5.75 Å². The number of nitrogens with zero attached hydrogens (tertiary/aromatic N) is 1. The SMILES string of the molecule is CCS(=O)(=O)c1ccccc1N(C)Cc1ccccc1OC. The van der Waals surface area contributed by atoms with E-state index in [0.717, 1.165) is 11.3 Å². The number of benzene rings is 2. The van der Waals surface area contributed by atoms with Crippen molar-refractivity contribution < 1.29 is 13.2 Å². The van der Waals surface area contributed by atoms with Crippen LogP contribution in [0.5, 0.6) is 5.75 Å². The van der Waals surface area contributed by atoms with Gasteiger partial charge in [-0.05, 0) is 18.2 Å². The van der Waals surface area contributed by atoms with Crippen LogP contribution in [0.1, 0.15) is 12.5 Å². The maximum atomic E-state index is 12.3. The molecule has 2 aromatic carbocycles. The van der Waals surface area contributed by atoms with Crippen LogP contribution in [0.15, 0.2) is 53.4 Å². The Hall–Kier alpha value is -2.01. The number of para-hydroxylation sites is 2. The molecule has 0 aromatic heterocycles. The van der Waals surface area contributed by atoms with Crippen molar-refractivity contribution in [3.8, 4) is 5.75 Å². The topological polar surface area (TPSA) is 46.6 Å². The molecule has 22 heavy (non-hydrogen) atoms. The highest BCUT2D eigenvalue weighted by Gasteiger charge is 2.19. The number of sulfone groups is 1. The lowest BCUT2D eigenvalue weighted by molar-refractivity contribution is 0.409. The molecule has 0 unspecified atom stereocenters. The Morgan fingerprint density at radius 1 is 1.05 bits per heavy atom. The molecule has 2 aromatic rings. The van der Waals surface area contributed by atoms with Crippen LogP contribution in [0.25, 0.3) is 0 Å². The molecule has 0 bridgehead atoms. The summed E-state index contributed by atoms with van der Waals surface area (Å²) < 4.78 is 29.9. The maximum Gasteiger partial charge on any atom is 0.180 e. The second-order valence-electron chi connectivity index (χ2n) is 5.04. The molecule has 0 heterocycles. The fourth-order valence-electron chi connectivity index (χ4n) is 2.37. The first-order valence-electron chi connectivity index (χ1n) is 7.14. The summed E-state index contributed by atoms with van der Waals surface area (Å²) in [6, 6.07) is 14.8. The predicted octanol–water partition coefficient (Wildman–Crippen LogP) is 3.13. The van der Waals surface area contributed by atoms with E-state index in [1.54, 1.807) is 26.2 Å². The van der Waals surface area contributed by atoms with E-state index in [1.807, 2.05) is 48.3 Å². The first kappa shape index (κ1) is 16.4. The first-order valence-corrected chi connectivity index (χ1v) is 8.79. The maximum absolute atomic E-state index is 12.3. The second kappa shape index (κ2) is 6.83. The highest BCUT2D eigenvalue weighted by molar-refractivity contribution is 7.91. The van der Waals surface area contributed by atoms with Crippen LogP contribution in [0, 0.1) is 0 Å². The zero-order chi connectivity index (χ0) is 16.2. The van der Waals surface area contributed by atoms with Crippen LogP contribution in [0.2, 0.25) is 0 Å². The predicted molar refractivity (Wildman–Crippen MR) is 89.3 cm³/mol. The number of hydrogen-bond acceptors (Lipinski definition) is 4. The van der Waals surface area contributed by atoms with Gasteiger partial charge in [0.05, 0.1) is 23.4 Å². The summed E-state index contributed by atoms with van der Waals surface area (Å²) in [5.74, 6) is 0.886. The molecule has 5 heteroatoms. The van der Waals surface area contributed by atoms with Gasteiger partial charge in [-0.2, -0.15) is 0 Å². The van der Waals surface area contributed by atoms with Crippen molar-refractivity contribution in [2.24, 2.45) is 0 Å². The molecule has 4 nitrogen and oxygen atoms in total. The minimum Gasteiger partial charge on any atom is -0.496 e. The molecule has 0 amide bonds. The largest absolute Gasteiger partial charge is 0.496 e. The molecule has 118 valence electrons. The van der Waals surface area contributed by atoms with Crippen molar-refractivity contribution in [1.29, 1.82) is 0 Å². The van der Waals surface area contributed by atoms with Crippen molar-refractivity contribution in [2.45, 2.75) is 18.4 Å². The summed E-state index contributed by atoms with van der Waals surface area (Å²) in [6.07, 6.45) is 0. The highest BCUT2D eigenvalue weighted by atomic mass is 32.2. The number of ether oxygens (including phenoxy) is 1. The van der Waals surface area contributed by atoms with Gasteiger partial charge in [-0.25, -0.2) is 8.42 Å². The minimum atomic E-state index is -3.25. The third-order valence-corrected chi connectivity index (χ3v) is 5.37. The molecule has 0 spiro atoms. The van der Waals surface area contributed by atoms with E-state index in [-0.39, 0.29) is 5.75 Å².